The highest BCUT2D eigenvalue weighted by atomic mass is 16.6. The Labute approximate surface area is 273 Å². The second-order valence-electron chi connectivity index (χ2n) is 14.3. The third-order valence-electron chi connectivity index (χ3n) is 6.12. The van der Waals surface area contributed by atoms with Gasteiger partial charge in [-0.2, -0.15) is 0 Å². The average molecular weight is 641 g/mol. The molecule has 0 heterocycles. The van der Waals surface area contributed by atoms with Crippen LogP contribution in [0.1, 0.15) is 80.4 Å². The van der Waals surface area contributed by atoms with Crippen molar-refractivity contribution in [2.45, 2.75) is 117 Å². The summed E-state index contributed by atoms with van der Waals surface area (Å²) in [4.78, 5) is 51.7. The quantitative estimate of drug-likeness (QED) is 0.254. The molecular weight excluding hydrogens is 588 g/mol. The van der Waals surface area contributed by atoms with Crippen molar-refractivity contribution >= 4 is 24.0 Å². The molecule has 0 fully saturated rings. The Morgan fingerprint density at radius 3 is 1.67 bits per heavy atom. The van der Waals surface area contributed by atoms with Crippen LogP contribution in [0.25, 0.3) is 0 Å². The minimum atomic E-state index is -1.03. The van der Waals surface area contributed by atoms with Crippen LogP contribution in [0.2, 0.25) is 0 Å². The molecule has 2 aromatic carbocycles. The second kappa shape index (κ2) is 16.3. The van der Waals surface area contributed by atoms with Crippen LogP contribution in [0.3, 0.4) is 0 Å². The van der Waals surface area contributed by atoms with Crippen LogP contribution in [0.4, 0.5) is 9.59 Å². The van der Waals surface area contributed by atoms with Gasteiger partial charge in [0.15, 0.2) is 0 Å². The summed E-state index contributed by atoms with van der Waals surface area (Å²) in [5, 5.41) is 11.0. The Kier molecular flexibility index (Phi) is 13.5. The van der Waals surface area contributed by atoms with Gasteiger partial charge in [-0.1, -0.05) is 42.5 Å². The van der Waals surface area contributed by atoms with Crippen LogP contribution in [0.15, 0.2) is 54.6 Å². The molecule has 11 heteroatoms. The molecule has 0 saturated heterocycles. The van der Waals surface area contributed by atoms with Gasteiger partial charge >= 0.3 is 12.2 Å². The van der Waals surface area contributed by atoms with Crippen LogP contribution in [0, 0.1) is 0 Å². The predicted molar refractivity (Wildman–Crippen MR) is 178 cm³/mol. The van der Waals surface area contributed by atoms with E-state index in [0.29, 0.717) is 12.2 Å². The standard InChI is InChI=1S/C35H52N4O7/c1-23(29(40)36-22-26(20-24-14-12-11-13-15-24)38-31(42)45-34(5,6)7)37-30(41)28(39-32(43)46-35(8,9)10)21-25-16-18-27(19-17-25)44-33(2,3)4/h11-19,23,26,28H,20-22H2,1-10H3,(H,36,40)(H,37,41)(H,38,42)(H,39,43). The monoisotopic (exact) mass is 640 g/mol. The van der Waals surface area contributed by atoms with Gasteiger partial charge in [-0.05, 0) is 98.9 Å². The molecule has 0 aliphatic rings. The van der Waals surface area contributed by atoms with Gasteiger partial charge in [-0.3, -0.25) is 9.59 Å². The lowest BCUT2D eigenvalue weighted by atomic mass is 10.0. The van der Waals surface area contributed by atoms with Gasteiger partial charge in [-0.25, -0.2) is 9.59 Å². The molecule has 2 aromatic rings. The largest absolute Gasteiger partial charge is 0.488 e. The summed E-state index contributed by atoms with van der Waals surface area (Å²) in [5.74, 6) is -0.345. The lowest BCUT2D eigenvalue weighted by molar-refractivity contribution is -0.129. The van der Waals surface area contributed by atoms with Gasteiger partial charge in [0.25, 0.3) is 0 Å². The first-order valence-electron chi connectivity index (χ1n) is 15.6. The number of hydrogen-bond acceptors (Lipinski definition) is 7. The predicted octanol–water partition coefficient (Wildman–Crippen LogP) is 5.06. The molecule has 3 unspecified atom stereocenters. The number of benzene rings is 2. The van der Waals surface area contributed by atoms with Crippen molar-refractivity contribution in [1.29, 1.82) is 0 Å². The summed E-state index contributed by atoms with van der Waals surface area (Å²) in [6.07, 6.45) is -0.760. The smallest absolute Gasteiger partial charge is 0.408 e. The second-order valence-corrected chi connectivity index (χ2v) is 14.3. The Hall–Kier alpha value is -4.28. The Balaban J connectivity index is 2.10. The van der Waals surface area contributed by atoms with Gasteiger partial charge in [0.1, 0.15) is 34.6 Å². The van der Waals surface area contributed by atoms with Crippen LogP contribution in [-0.2, 0) is 31.9 Å². The molecule has 4 N–H and O–H groups in total. The molecule has 4 amide bonds. The molecule has 0 bridgehead atoms. The molecule has 0 aliphatic carbocycles. The van der Waals surface area contributed by atoms with E-state index in [9.17, 15) is 19.2 Å². The number of alkyl carbamates (subject to hydrolysis) is 2. The lowest BCUT2D eigenvalue weighted by Crippen LogP contribution is -2.55. The molecule has 0 spiro atoms. The fourth-order valence-corrected chi connectivity index (χ4v) is 4.25. The van der Waals surface area contributed by atoms with Crippen LogP contribution < -0.4 is 26.0 Å². The Morgan fingerprint density at radius 2 is 1.15 bits per heavy atom. The van der Waals surface area contributed by atoms with E-state index in [1.165, 1.54) is 0 Å². The summed E-state index contributed by atoms with van der Waals surface area (Å²) in [6.45, 7) is 18.0. The highest BCUT2D eigenvalue weighted by Gasteiger charge is 2.28. The summed E-state index contributed by atoms with van der Waals surface area (Å²) >= 11 is 0. The zero-order valence-electron chi connectivity index (χ0n) is 28.9. The number of hydrogen-bond donors (Lipinski definition) is 4. The Morgan fingerprint density at radius 1 is 0.630 bits per heavy atom. The summed E-state index contributed by atoms with van der Waals surface area (Å²) in [6, 6.07) is 14.3. The first-order chi connectivity index (χ1) is 21.2. The number of rotatable bonds is 12. The van der Waals surface area contributed by atoms with Crippen LogP contribution >= 0.6 is 0 Å². The molecule has 0 radical (unpaired) electrons. The van der Waals surface area contributed by atoms with Gasteiger partial charge in [-0.15, -0.1) is 0 Å². The van der Waals surface area contributed by atoms with E-state index in [0.717, 1.165) is 11.1 Å². The molecule has 0 aromatic heterocycles. The van der Waals surface area contributed by atoms with Crippen molar-refractivity contribution < 1.29 is 33.4 Å². The number of amides is 4. The van der Waals surface area contributed by atoms with E-state index < -0.39 is 53.3 Å². The molecule has 254 valence electrons. The first-order valence-corrected chi connectivity index (χ1v) is 15.6. The summed E-state index contributed by atoms with van der Waals surface area (Å²) < 4.78 is 16.7. The van der Waals surface area contributed by atoms with E-state index in [1.54, 1.807) is 60.6 Å². The van der Waals surface area contributed by atoms with Crippen LogP contribution in [0.5, 0.6) is 5.75 Å². The molecule has 0 saturated carbocycles. The fraction of sp³-hybridized carbons (Fsp3) is 0.543. The molecule has 11 nitrogen and oxygen atoms in total. The molecule has 0 aliphatic heterocycles. The third kappa shape index (κ3) is 15.6. The zero-order valence-corrected chi connectivity index (χ0v) is 28.9. The van der Waals surface area contributed by atoms with Gasteiger partial charge in [0.05, 0.1) is 6.04 Å². The van der Waals surface area contributed by atoms with Gasteiger partial charge in [0.2, 0.25) is 11.8 Å². The maximum atomic E-state index is 13.4. The van der Waals surface area contributed by atoms with E-state index in [2.05, 4.69) is 21.3 Å². The fourth-order valence-electron chi connectivity index (χ4n) is 4.25. The normalized spacial score (nSPS) is 13.8. The summed E-state index contributed by atoms with van der Waals surface area (Å²) in [5.41, 5.74) is -0.0878. The molecule has 2 rings (SSSR count). The van der Waals surface area contributed by atoms with Gasteiger partial charge in [0, 0.05) is 13.0 Å². The lowest BCUT2D eigenvalue weighted by Gasteiger charge is -2.26. The Bertz CT molecular complexity index is 1290. The highest BCUT2D eigenvalue weighted by molar-refractivity contribution is 5.91. The number of carbonyl (C=O) groups is 4. The van der Waals surface area contributed by atoms with E-state index in [4.69, 9.17) is 14.2 Å². The minimum absolute atomic E-state index is 0.0930. The van der Waals surface area contributed by atoms with Crippen molar-refractivity contribution in [2.75, 3.05) is 6.54 Å². The molecule has 3 atom stereocenters. The number of carbonyl (C=O) groups excluding carboxylic acids is 4. The van der Waals surface area contributed by atoms with E-state index in [-0.39, 0.29) is 18.6 Å². The van der Waals surface area contributed by atoms with Crippen molar-refractivity contribution in [3.8, 4) is 5.75 Å². The molecular formula is C35H52N4O7. The third-order valence-corrected chi connectivity index (χ3v) is 6.12. The van der Waals surface area contributed by atoms with Crippen molar-refractivity contribution in [3.05, 3.63) is 65.7 Å². The number of nitrogens with one attached hydrogen (secondary N) is 4. The minimum Gasteiger partial charge on any atom is -0.488 e. The maximum Gasteiger partial charge on any atom is 0.408 e. The first kappa shape index (κ1) is 37.9. The average Bonchev–Trinajstić information content (AvgIpc) is 2.89. The van der Waals surface area contributed by atoms with Crippen LogP contribution in [-0.4, -0.2) is 65.5 Å². The van der Waals surface area contributed by atoms with Crippen molar-refractivity contribution in [3.63, 3.8) is 0 Å². The zero-order chi connectivity index (χ0) is 34.7. The summed E-state index contributed by atoms with van der Waals surface area (Å²) in [7, 11) is 0. The van der Waals surface area contributed by atoms with E-state index in [1.807, 2.05) is 63.2 Å². The van der Waals surface area contributed by atoms with Crippen molar-refractivity contribution in [2.24, 2.45) is 0 Å². The highest BCUT2D eigenvalue weighted by Crippen LogP contribution is 2.19. The maximum absolute atomic E-state index is 13.4. The SMILES string of the molecule is CC(NC(=O)C(Cc1ccc(OC(C)(C)C)cc1)NC(=O)OC(C)(C)C)C(=O)NCC(Cc1ccccc1)NC(=O)OC(C)(C)C. The van der Waals surface area contributed by atoms with Crippen molar-refractivity contribution in [1.82, 2.24) is 21.3 Å². The number of ether oxygens (including phenoxy) is 3. The van der Waals surface area contributed by atoms with Gasteiger partial charge < -0.3 is 35.5 Å². The topological polar surface area (TPSA) is 144 Å². The van der Waals surface area contributed by atoms with E-state index >= 15 is 0 Å². The molecule has 46 heavy (non-hydrogen) atoms.